The van der Waals surface area contributed by atoms with Gasteiger partial charge in [0.05, 0.1) is 11.3 Å². The van der Waals surface area contributed by atoms with E-state index in [1.807, 2.05) is 0 Å². The molecular weight excluding hydrogens is 233 g/mol. The van der Waals surface area contributed by atoms with Gasteiger partial charge in [0.2, 0.25) is 0 Å². The molecule has 0 unspecified atom stereocenters. The van der Waals surface area contributed by atoms with Gasteiger partial charge in [0.15, 0.2) is 0 Å². The van der Waals surface area contributed by atoms with Crippen LogP contribution in [0, 0.1) is 0 Å². The van der Waals surface area contributed by atoms with Gasteiger partial charge in [0, 0.05) is 6.20 Å². The molecule has 94 valence electrons. The van der Waals surface area contributed by atoms with Gasteiger partial charge in [-0.05, 0) is 38.1 Å². The Morgan fingerprint density at radius 2 is 1.94 bits per heavy atom. The van der Waals surface area contributed by atoms with Crippen molar-refractivity contribution in [1.29, 1.82) is 0 Å². The molecule has 6 heteroatoms. The number of piperidine rings is 1. The molecule has 2 heterocycles. The van der Waals surface area contributed by atoms with Crippen molar-refractivity contribution in [3.63, 3.8) is 0 Å². The number of rotatable bonds is 1. The van der Waals surface area contributed by atoms with E-state index in [1.54, 1.807) is 0 Å². The molecule has 2 rings (SSSR count). The molecule has 1 aromatic rings. The highest BCUT2D eigenvalue weighted by atomic mass is 19.4. The minimum Gasteiger partial charge on any atom is -0.383 e. The van der Waals surface area contributed by atoms with Crippen molar-refractivity contribution in [2.75, 3.05) is 13.1 Å². The number of aliphatic hydroxyl groups is 1. The highest BCUT2D eigenvalue weighted by Gasteiger charge is 2.36. The summed E-state index contributed by atoms with van der Waals surface area (Å²) >= 11 is 0. The first-order valence-electron chi connectivity index (χ1n) is 5.39. The molecule has 0 aromatic carbocycles. The van der Waals surface area contributed by atoms with Crippen LogP contribution in [-0.4, -0.2) is 23.2 Å². The summed E-state index contributed by atoms with van der Waals surface area (Å²) < 4.78 is 37.6. The predicted octanol–water partition coefficient (Wildman–Crippen LogP) is 1.67. The van der Waals surface area contributed by atoms with Gasteiger partial charge in [-0.3, -0.25) is 4.98 Å². The van der Waals surface area contributed by atoms with E-state index in [0.29, 0.717) is 25.9 Å². The molecule has 1 aliphatic heterocycles. The van der Waals surface area contributed by atoms with E-state index in [-0.39, 0.29) is 5.69 Å². The summed E-state index contributed by atoms with van der Waals surface area (Å²) in [6.07, 6.45) is -2.55. The zero-order valence-electron chi connectivity index (χ0n) is 9.09. The lowest BCUT2D eigenvalue weighted by Crippen LogP contribution is -2.40. The van der Waals surface area contributed by atoms with Gasteiger partial charge in [-0.2, -0.15) is 13.2 Å². The molecule has 0 aliphatic carbocycles. The number of aromatic nitrogens is 1. The van der Waals surface area contributed by atoms with Crippen LogP contribution in [0.25, 0.3) is 0 Å². The fraction of sp³-hybridized carbons (Fsp3) is 0.545. The first kappa shape index (κ1) is 12.3. The van der Waals surface area contributed by atoms with Crippen molar-refractivity contribution in [1.82, 2.24) is 10.3 Å². The number of nitrogens with one attached hydrogen (secondary N) is 1. The average molecular weight is 246 g/mol. The lowest BCUT2D eigenvalue weighted by Gasteiger charge is -2.32. The van der Waals surface area contributed by atoms with Gasteiger partial charge in [-0.1, -0.05) is 0 Å². The number of halogens is 3. The van der Waals surface area contributed by atoms with E-state index in [2.05, 4.69) is 10.3 Å². The third-order valence-corrected chi connectivity index (χ3v) is 2.99. The monoisotopic (exact) mass is 246 g/mol. The van der Waals surface area contributed by atoms with Crippen LogP contribution in [0.2, 0.25) is 0 Å². The molecule has 0 amide bonds. The van der Waals surface area contributed by atoms with Crippen molar-refractivity contribution in [3.8, 4) is 0 Å². The third-order valence-electron chi connectivity index (χ3n) is 2.99. The second-order valence-corrected chi connectivity index (χ2v) is 4.21. The smallest absolute Gasteiger partial charge is 0.383 e. The molecule has 0 spiro atoms. The molecular formula is C11H13F3N2O. The lowest BCUT2D eigenvalue weighted by molar-refractivity contribution is -0.137. The molecule has 3 nitrogen and oxygen atoms in total. The Hall–Kier alpha value is -1.14. The van der Waals surface area contributed by atoms with Crippen LogP contribution in [0.1, 0.15) is 24.1 Å². The van der Waals surface area contributed by atoms with Gasteiger partial charge >= 0.3 is 6.18 Å². The zero-order valence-corrected chi connectivity index (χ0v) is 9.09. The minimum absolute atomic E-state index is 0.105. The minimum atomic E-state index is -4.40. The SMILES string of the molecule is OC1(c2cc(C(F)(F)F)ccn2)CCNCC1. The van der Waals surface area contributed by atoms with Crippen LogP contribution in [0.4, 0.5) is 13.2 Å². The van der Waals surface area contributed by atoms with Crippen molar-refractivity contribution >= 4 is 0 Å². The Morgan fingerprint density at radius 1 is 1.29 bits per heavy atom. The van der Waals surface area contributed by atoms with E-state index < -0.39 is 17.3 Å². The number of nitrogens with zero attached hydrogens (tertiary/aromatic N) is 1. The summed E-state index contributed by atoms with van der Waals surface area (Å²) in [5.41, 5.74) is -1.91. The Morgan fingerprint density at radius 3 is 2.53 bits per heavy atom. The van der Waals surface area contributed by atoms with E-state index in [4.69, 9.17) is 0 Å². The van der Waals surface area contributed by atoms with Crippen LogP contribution in [0.5, 0.6) is 0 Å². The second-order valence-electron chi connectivity index (χ2n) is 4.21. The molecule has 17 heavy (non-hydrogen) atoms. The summed E-state index contributed by atoms with van der Waals surface area (Å²) in [6, 6.07) is 1.85. The fourth-order valence-corrected chi connectivity index (χ4v) is 1.96. The van der Waals surface area contributed by atoms with E-state index >= 15 is 0 Å². The summed E-state index contributed by atoms with van der Waals surface area (Å²) in [6.45, 7) is 1.16. The average Bonchev–Trinajstić information content (AvgIpc) is 2.29. The number of hydrogen-bond acceptors (Lipinski definition) is 3. The van der Waals surface area contributed by atoms with Crippen molar-refractivity contribution < 1.29 is 18.3 Å². The third kappa shape index (κ3) is 2.58. The number of pyridine rings is 1. The molecule has 0 bridgehead atoms. The number of alkyl halides is 3. The first-order chi connectivity index (χ1) is 7.92. The van der Waals surface area contributed by atoms with Crippen LogP contribution in [-0.2, 0) is 11.8 Å². The summed E-state index contributed by atoms with van der Waals surface area (Å²) in [5, 5.41) is 13.3. The Kier molecular flexibility index (Phi) is 3.09. The van der Waals surface area contributed by atoms with Gasteiger partial charge in [0.25, 0.3) is 0 Å². The van der Waals surface area contributed by atoms with Crippen LogP contribution >= 0.6 is 0 Å². The Labute approximate surface area is 96.7 Å². The molecule has 0 atom stereocenters. The number of hydrogen-bond donors (Lipinski definition) is 2. The van der Waals surface area contributed by atoms with E-state index in [0.717, 1.165) is 18.3 Å². The summed E-state index contributed by atoms with van der Waals surface area (Å²) in [7, 11) is 0. The largest absolute Gasteiger partial charge is 0.416 e. The molecule has 0 saturated carbocycles. The van der Waals surface area contributed by atoms with E-state index in [1.165, 1.54) is 0 Å². The quantitative estimate of drug-likeness (QED) is 0.792. The van der Waals surface area contributed by atoms with Crippen LogP contribution in [0.15, 0.2) is 18.3 Å². The van der Waals surface area contributed by atoms with Gasteiger partial charge in [-0.15, -0.1) is 0 Å². The molecule has 0 radical (unpaired) electrons. The highest BCUT2D eigenvalue weighted by Crippen LogP contribution is 2.34. The Balaban J connectivity index is 2.32. The molecule has 1 aliphatic rings. The lowest BCUT2D eigenvalue weighted by atomic mass is 9.88. The van der Waals surface area contributed by atoms with E-state index in [9.17, 15) is 18.3 Å². The topological polar surface area (TPSA) is 45.2 Å². The normalized spacial score (nSPS) is 20.2. The summed E-state index contributed by atoms with van der Waals surface area (Å²) in [4.78, 5) is 3.87. The molecule has 1 saturated heterocycles. The zero-order chi connectivity index (χ0) is 12.5. The van der Waals surface area contributed by atoms with Crippen molar-refractivity contribution in [2.45, 2.75) is 24.6 Å². The maximum Gasteiger partial charge on any atom is 0.416 e. The first-order valence-corrected chi connectivity index (χ1v) is 5.39. The van der Waals surface area contributed by atoms with Gasteiger partial charge < -0.3 is 10.4 Å². The second kappa shape index (κ2) is 4.27. The molecule has 1 aromatic heterocycles. The molecule has 1 fully saturated rings. The van der Waals surface area contributed by atoms with Crippen LogP contribution < -0.4 is 5.32 Å². The standard InChI is InChI=1S/C11H13F3N2O/c12-11(13,14)8-1-4-16-9(7-8)10(17)2-5-15-6-3-10/h1,4,7,15,17H,2-3,5-6H2. The highest BCUT2D eigenvalue weighted by molar-refractivity contribution is 5.24. The van der Waals surface area contributed by atoms with Crippen LogP contribution in [0.3, 0.4) is 0 Å². The van der Waals surface area contributed by atoms with Crippen molar-refractivity contribution in [3.05, 3.63) is 29.6 Å². The van der Waals surface area contributed by atoms with Gasteiger partial charge in [0.1, 0.15) is 5.60 Å². The maximum absolute atomic E-state index is 12.5. The summed E-state index contributed by atoms with van der Waals surface area (Å²) in [5.74, 6) is 0. The van der Waals surface area contributed by atoms with Gasteiger partial charge in [-0.25, -0.2) is 0 Å². The maximum atomic E-state index is 12.5. The fourth-order valence-electron chi connectivity index (χ4n) is 1.96. The van der Waals surface area contributed by atoms with Crippen molar-refractivity contribution in [2.24, 2.45) is 0 Å². The Bertz CT molecular complexity index is 400. The predicted molar refractivity (Wildman–Crippen MR) is 55.2 cm³/mol. The molecule has 2 N–H and O–H groups in total.